The molecule has 0 radical (unpaired) electrons. The third kappa shape index (κ3) is 3.52. The zero-order chi connectivity index (χ0) is 22.7. The third-order valence-electron chi connectivity index (χ3n) is 7.00. The first kappa shape index (κ1) is 21.0. The maximum atomic E-state index is 13.5. The van der Waals surface area contributed by atoms with Crippen molar-refractivity contribution in [2.24, 2.45) is 16.6 Å². The van der Waals surface area contributed by atoms with Crippen LogP contribution in [-0.2, 0) is 5.54 Å². The number of halogens is 2. The number of carbonyl (C=O) groups excluding carboxylic acids is 1. The number of aromatic nitrogens is 1. The molecule has 1 aliphatic carbocycles. The Morgan fingerprint density at radius 2 is 2.15 bits per heavy atom. The summed E-state index contributed by atoms with van der Waals surface area (Å²) in [6.45, 7) is 0. The van der Waals surface area contributed by atoms with Gasteiger partial charge in [-0.25, -0.2) is 9.38 Å². The summed E-state index contributed by atoms with van der Waals surface area (Å²) in [4.78, 5) is 21.1. The van der Waals surface area contributed by atoms with Crippen LogP contribution in [0, 0.1) is 11.7 Å². The molecule has 3 unspecified atom stereocenters. The molecule has 4 N–H and O–H groups in total. The van der Waals surface area contributed by atoms with E-state index in [-0.39, 0.29) is 29.8 Å². The second-order valence-corrected chi connectivity index (χ2v) is 10.9. The van der Waals surface area contributed by atoms with Crippen LogP contribution < -0.4 is 15.8 Å². The summed E-state index contributed by atoms with van der Waals surface area (Å²) < 4.78 is 20.9. The number of carbonyl (C=O) groups is 1. The summed E-state index contributed by atoms with van der Waals surface area (Å²) in [5.74, 6) is 1.22. The van der Waals surface area contributed by atoms with Gasteiger partial charge >= 0.3 is 0 Å². The maximum absolute atomic E-state index is 13.5. The Morgan fingerprint density at radius 3 is 2.97 bits per heavy atom. The fourth-order valence-electron chi connectivity index (χ4n) is 5.49. The van der Waals surface area contributed by atoms with Crippen LogP contribution in [0.25, 0.3) is 10.9 Å². The van der Waals surface area contributed by atoms with Gasteiger partial charge in [0.2, 0.25) is 0 Å². The molecule has 33 heavy (non-hydrogen) atoms. The molecule has 3 heterocycles. The Bertz CT molecular complexity index is 1310. The van der Waals surface area contributed by atoms with E-state index in [2.05, 4.69) is 32.3 Å². The van der Waals surface area contributed by atoms with E-state index < -0.39 is 5.54 Å². The normalized spacial score (nSPS) is 28.2. The van der Waals surface area contributed by atoms with Gasteiger partial charge in [-0.2, -0.15) is 0 Å². The van der Waals surface area contributed by atoms with Gasteiger partial charge in [0.15, 0.2) is 5.17 Å². The molecule has 1 saturated carbocycles. The molecular weight excluding hydrogens is 507 g/mol. The second kappa shape index (κ2) is 7.77. The lowest BCUT2D eigenvalue weighted by Crippen LogP contribution is -2.54. The molecule has 6 rings (SSSR count). The molecule has 170 valence electrons. The Balaban J connectivity index is 1.28. The van der Waals surface area contributed by atoms with Gasteiger partial charge in [-0.3, -0.25) is 4.79 Å². The zero-order valence-electron chi connectivity index (χ0n) is 17.6. The number of nitrogens with one attached hydrogen (secondary N) is 2. The van der Waals surface area contributed by atoms with Gasteiger partial charge in [0.25, 0.3) is 5.91 Å². The molecule has 1 amide bonds. The molecule has 0 bridgehead atoms. The molecule has 2 aliphatic heterocycles. The zero-order valence-corrected chi connectivity index (χ0v) is 20.0. The highest BCUT2D eigenvalue weighted by atomic mass is 79.9. The standard InChI is InChI=1S/C24H22BrFN4O2S/c25-13-1-5-20-16(9-13)24(11-33-23(27)30-24)17-10-15(3-6-21(17)32-20)28-22(31)19-8-12-7-14(26)2-4-18(12)29-19/h1-2,4-5,7-9,15,17,21,29H,3,6,10-11H2,(H2,27,30)(H,28,31)/t15?,17-,21?,24?/m0/s1. The van der Waals surface area contributed by atoms with Gasteiger partial charge in [0, 0.05) is 38.7 Å². The molecule has 1 aromatic heterocycles. The maximum Gasteiger partial charge on any atom is 0.267 e. The average Bonchev–Trinajstić information content (AvgIpc) is 3.39. The van der Waals surface area contributed by atoms with Crippen LogP contribution in [0.3, 0.4) is 0 Å². The highest BCUT2D eigenvalue weighted by molar-refractivity contribution is 9.10. The number of ether oxygens (including phenoxy) is 1. The minimum atomic E-state index is -0.460. The molecule has 6 nitrogen and oxygen atoms in total. The first-order chi connectivity index (χ1) is 15.9. The lowest BCUT2D eigenvalue weighted by Gasteiger charge is -2.48. The minimum Gasteiger partial charge on any atom is -0.490 e. The molecule has 1 fully saturated rings. The van der Waals surface area contributed by atoms with E-state index >= 15 is 0 Å². The number of aliphatic imine (C=N–C) groups is 1. The van der Waals surface area contributed by atoms with E-state index in [4.69, 9.17) is 15.5 Å². The van der Waals surface area contributed by atoms with Crippen molar-refractivity contribution in [3.8, 4) is 5.75 Å². The Labute approximate surface area is 202 Å². The van der Waals surface area contributed by atoms with E-state index in [0.717, 1.165) is 46.3 Å². The van der Waals surface area contributed by atoms with E-state index in [9.17, 15) is 9.18 Å². The number of aromatic amines is 1. The molecule has 0 saturated heterocycles. The summed E-state index contributed by atoms with van der Waals surface area (Å²) >= 11 is 5.16. The van der Waals surface area contributed by atoms with Gasteiger partial charge < -0.3 is 20.8 Å². The summed E-state index contributed by atoms with van der Waals surface area (Å²) in [7, 11) is 0. The minimum absolute atomic E-state index is 0.0156. The number of hydrogen-bond donors (Lipinski definition) is 3. The summed E-state index contributed by atoms with van der Waals surface area (Å²) in [6.07, 6.45) is 2.41. The van der Waals surface area contributed by atoms with Crippen molar-refractivity contribution in [1.82, 2.24) is 10.3 Å². The van der Waals surface area contributed by atoms with Crippen molar-refractivity contribution < 1.29 is 13.9 Å². The van der Waals surface area contributed by atoms with Gasteiger partial charge in [-0.05, 0) is 61.7 Å². The van der Waals surface area contributed by atoms with E-state index in [0.29, 0.717) is 16.2 Å². The van der Waals surface area contributed by atoms with Gasteiger partial charge in [-0.15, -0.1) is 0 Å². The molecule has 3 aliphatic rings. The summed E-state index contributed by atoms with van der Waals surface area (Å²) in [5.41, 5.74) is 7.91. The molecule has 9 heteroatoms. The number of H-pyrrole nitrogens is 1. The molecule has 2 aromatic carbocycles. The van der Waals surface area contributed by atoms with Crippen LogP contribution in [0.4, 0.5) is 4.39 Å². The fourth-order valence-corrected chi connectivity index (χ4v) is 6.88. The highest BCUT2D eigenvalue weighted by Crippen LogP contribution is 2.54. The topological polar surface area (TPSA) is 92.5 Å². The smallest absolute Gasteiger partial charge is 0.267 e. The monoisotopic (exact) mass is 528 g/mol. The first-order valence-corrected chi connectivity index (χ1v) is 12.7. The quantitative estimate of drug-likeness (QED) is 0.450. The van der Waals surface area contributed by atoms with E-state index in [1.807, 2.05) is 12.1 Å². The van der Waals surface area contributed by atoms with Crippen molar-refractivity contribution in [1.29, 1.82) is 0 Å². The Morgan fingerprint density at radius 1 is 1.27 bits per heavy atom. The summed E-state index contributed by atoms with van der Waals surface area (Å²) in [6, 6.07) is 12.2. The predicted molar refractivity (Wildman–Crippen MR) is 131 cm³/mol. The number of amides is 1. The number of nitrogens with two attached hydrogens (primary N) is 1. The van der Waals surface area contributed by atoms with Crippen molar-refractivity contribution in [3.63, 3.8) is 0 Å². The lowest BCUT2D eigenvalue weighted by atomic mass is 9.67. The lowest BCUT2D eigenvalue weighted by molar-refractivity contribution is 0.0155. The average molecular weight is 529 g/mol. The van der Waals surface area contributed by atoms with Crippen LogP contribution in [-0.4, -0.2) is 34.0 Å². The van der Waals surface area contributed by atoms with Gasteiger partial charge in [0.05, 0.1) is 0 Å². The van der Waals surface area contributed by atoms with Crippen molar-refractivity contribution in [2.45, 2.75) is 36.9 Å². The molecule has 4 atom stereocenters. The van der Waals surface area contributed by atoms with Crippen LogP contribution in [0.5, 0.6) is 5.75 Å². The number of amidine groups is 1. The third-order valence-corrected chi connectivity index (χ3v) is 8.46. The van der Waals surface area contributed by atoms with E-state index in [1.165, 1.54) is 12.1 Å². The number of thioether (sulfide) groups is 1. The number of benzene rings is 2. The second-order valence-electron chi connectivity index (χ2n) is 8.96. The van der Waals surface area contributed by atoms with Crippen LogP contribution in [0.2, 0.25) is 0 Å². The molecule has 1 spiro atoms. The number of rotatable bonds is 2. The van der Waals surface area contributed by atoms with Crippen molar-refractivity contribution in [3.05, 3.63) is 64.0 Å². The van der Waals surface area contributed by atoms with Crippen LogP contribution in [0.15, 0.2) is 51.9 Å². The number of fused-ring (bicyclic) bond motifs is 5. The Kier molecular flexibility index (Phi) is 4.95. The van der Waals surface area contributed by atoms with Crippen molar-refractivity contribution in [2.75, 3.05) is 5.75 Å². The first-order valence-electron chi connectivity index (χ1n) is 11.0. The SMILES string of the molecule is NC1=NC2(CS1)c1cc(Br)ccc1OC1CCC(NC(=O)c3cc4cc(F)ccc4[nH]3)C[C@@H]12. The largest absolute Gasteiger partial charge is 0.490 e. The number of hydrogen-bond acceptors (Lipinski definition) is 5. The van der Waals surface area contributed by atoms with Gasteiger partial charge in [-0.1, -0.05) is 27.7 Å². The summed E-state index contributed by atoms with van der Waals surface area (Å²) in [5, 5.41) is 4.46. The molecule has 3 aromatic rings. The van der Waals surface area contributed by atoms with Gasteiger partial charge in [0.1, 0.15) is 28.9 Å². The Hall–Kier alpha value is -2.52. The van der Waals surface area contributed by atoms with Crippen LogP contribution >= 0.6 is 27.7 Å². The van der Waals surface area contributed by atoms with Crippen LogP contribution in [0.1, 0.15) is 35.3 Å². The number of nitrogens with zero attached hydrogens (tertiary/aromatic N) is 1. The predicted octanol–water partition coefficient (Wildman–Crippen LogP) is 4.69. The highest BCUT2D eigenvalue weighted by Gasteiger charge is 2.54. The fraction of sp³-hybridized carbons (Fsp3) is 0.333. The van der Waals surface area contributed by atoms with E-state index in [1.54, 1.807) is 23.9 Å². The molecular formula is C24H22BrFN4O2S. The van der Waals surface area contributed by atoms with Crippen molar-refractivity contribution >= 4 is 49.7 Å².